The summed E-state index contributed by atoms with van der Waals surface area (Å²) in [7, 11) is 0. The van der Waals surface area contributed by atoms with Gasteiger partial charge in [-0.25, -0.2) is 0 Å². The zero-order valence-corrected chi connectivity index (χ0v) is 12.3. The highest BCUT2D eigenvalue weighted by molar-refractivity contribution is 5.70. The van der Waals surface area contributed by atoms with Gasteiger partial charge in [-0.1, -0.05) is 13.0 Å². The van der Waals surface area contributed by atoms with Gasteiger partial charge in [-0.15, -0.1) is 0 Å². The van der Waals surface area contributed by atoms with Crippen LogP contribution < -0.4 is 5.32 Å². The van der Waals surface area contributed by atoms with Crippen molar-refractivity contribution in [2.75, 3.05) is 6.54 Å². The lowest BCUT2D eigenvalue weighted by molar-refractivity contribution is -0.154. The fourth-order valence-electron chi connectivity index (χ4n) is 1.74. The first-order chi connectivity index (χ1) is 8.92. The van der Waals surface area contributed by atoms with E-state index < -0.39 is 5.60 Å². The molecule has 4 heteroatoms. The summed E-state index contributed by atoms with van der Waals surface area (Å²) in [5.74, 6) is -0.170. The van der Waals surface area contributed by atoms with Gasteiger partial charge in [-0.2, -0.15) is 0 Å². The van der Waals surface area contributed by atoms with Crippen molar-refractivity contribution in [3.63, 3.8) is 0 Å². The molecule has 106 valence electrons. The molecule has 0 spiro atoms. The molecule has 0 fully saturated rings. The van der Waals surface area contributed by atoms with E-state index in [4.69, 9.17) is 4.74 Å². The normalized spacial score (nSPS) is 11.4. The summed E-state index contributed by atoms with van der Waals surface area (Å²) in [4.78, 5) is 15.9. The quantitative estimate of drug-likeness (QED) is 0.633. The van der Waals surface area contributed by atoms with Crippen LogP contribution in [0.5, 0.6) is 0 Å². The predicted molar refractivity (Wildman–Crippen MR) is 75.8 cm³/mol. The molecule has 1 heterocycles. The molecule has 0 aliphatic carbocycles. The number of nitrogens with zero attached hydrogens (tertiary/aromatic N) is 1. The molecule has 0 aliphatic rings. The molecule has 0 unspecified atom stereocenters. The lowest BCUT2D eigenvalue weighted by Gasteiger charge is -2.19. The van der Waals surface area contributed by atoms with Gasteiger partial charge in [0.2, 0.25) is 0 Å². The Labute approximate surface area is 115 Å². The Morgan fingerprint density at radius 1 is 1.42 bits per heavy atom. The van der Waals surface area contributed by atoms with Gasteiger partial charge < -0.3 is 10.1 Å². The number of ether oxygens (including phenoxy) is 1. The summed E-state index contributed by atoms with van der Waals surface area (Å²) >= 11 is 0. The molecular formula is C15H24N2O2. The Morgan fingerprint density at radius 3 is 2.79 bits per heavy atom. The van der Waals surface area contributed by atoms with Crippen LogP contribution in [-0.2, 0) is 22.5 Å². The Kier molecular flexibility index (Phi) is 5.96. The fourth-order valence-corrected chi connectivity index (χ4v) is 1.74. The zero-order chi connectivity index (χ0) is 14.3. The number of aryl methyl sites for hydroxylation is 1. The molecule has 0 saturated carbocycles. The molecule has 19 heavy (non-hydrogen) atoms. The van der Waals surface area contributed by atoms with E-state index in [1.54, 1.807) is 6.20 Å². The van der Waals surface area contributed by atoms with E-state index in [9.17, 15) is 4.79 Å². The second kappa shape index (κ2) is 7.24. The van der Waals surface area contributed by atoms with Crippen LogP contribution in [0.1, 0.15) is 45.4 Å². The minimum atomic E-state index is -0.409. The molecule has 0 saturated heterocycles. The number of nitrogens with one attached hydrogen (secondary N) is 1. The Bertz CT molecular complexity index is 411. The average molecular weight is 264 g/mol. The number of esters is 1. The van der Waals surface area contributed by atoms with Crippen molar-refractivity contribution >= 4 is 5.97 Å². The van der Waals surface area contributed by atoms with Crippen LogP contribution in [-0.4, -0.2) is 23.1 Å². The molecule has 0 aromatic carbocycles. The summed E-state index contributed by atoms with van der Waals surface area (Å²) in [6.07, 6.45) is 3.15. The van der Waals surface area contributed by atoms with E-state index in [2.05, 4.69) is 23.3 Å². The first-order valence-corrected chi connectivity index (χ1v) is 6.77. The van der Waals surface area contributed by atoms with Crippen molar-refractivity contribution in [1.82, 2.24) is 10.3 Å². The smallest absolute Gasteiger partial charge is 0.307 e. The molecule has 0 radical (unpaired) electrons. The maximum atomic E-state index is 11.5. The van der Waals surface area contributed by atoms with Gasteiger partial charge in [0.25, 0.3) is 0 Å². The van der Waals surface area contributed by atoms with E-state index in [0.29, 0.717) is 19.5 Å². The second-order valence-corrected chi connectivity index (χ2v) is 5.48. The average Bonchev–Trinajstić information content (AvgIpc) is 2.33. The van der Waals surface area contributed by atoms with Gasteiger partial charge in [0.15, 0.2) is 0 Å². The highest BCUT2D eigenvalue weighted by atomic mass is 16.6. The maximum Gasteiger partial charge on any atom is 0.307 e. The number of carbonyl (C=O) groups excluding carboxylic acids is 1. The third kappa shape index (κ3) is 6.34. The summed E-state index contributed by atoms with van der Waals surface area (Å²) in [6, 6.07) is 4.03. The van der Waals surface area contributed by atoms with E-state index in [0.717, 1.165) is 12.1 Å². The zero-order valence-electron chi connectivity index (χ0n) is 12.3. The third-order valence-corrected chi connectivity index (χ3v) is 2.58. The van der Waals surface area contributed by atoms with E-state index >= 15 is 0 Å². The summed E-state index contributed by atoms with van der Waals surface area (Å²) in [5, 5.41) is 3.23. The third-order valence-electron chi connectivity index (χ3n) is 2.58. The molecule has 0 atom stereocenters. The maximum absolute atomic E-state index is 11.5. The number of pyridine rings is 1. The van der Waals surface area contributed by atoms with Crippen molar-refractivity contribution < 1.29 is 9.53 Å². The molecular weight excluding hydrogens is 240 g/mol. The minimum Gasteiger partial charge on any atom is -0.460 e. The standard InChI is InChI=1S/C15H24N2O2/c1-5-12-7-6-9-17-13(12)11-16-10-8-14(18)19-15(2,3)4/h6-7,9,16H,5,8,10-11H2,1-4H3. The lowest BCUT2D eigenvalue weighted by atomic mass is 10.1. The second-order valence-electron chi connectivity index (χ2n) is 5.48. The molecule has 0 amide bonds. The molecule has 1 N–H and O–H groups in total. The largest absolute Gasteiger partial charge is 0.460 e. The monoisotopic (exact) mass is 264 g/mol. The summed E-state index contributed by atoms with van der Waals surface area (Å²) < 4.78 is 5.24. The topological polar surface area (TPSA) is 51.2 Å². The van der Waals surface area contributed by atoms with E-state index in [1.807, 2.05) is 26.8 Å². The van der Waals surface area contributed by atoms with Crippen molar-refractivity contribution in [2.24, 2.45) is 0 Å². The first kappa shape index (κ1) is 15.6. The fraction of sp³-hybridized carbons (Fsp3) is 0.600. The Balaban J connectivity index is 2.29. The van der Waals surface area contributed by atoms with Crippen LogP contribution in [0.3, 0.4) is 0 Å². The molecule has 0 bridgehead atoms. The number of aromatic nitrogens is 1. The van der Waals surface area contributed by atoms with Crippen molar-refractivity contribution in [1.29, 1.82) is 0 Å². The van der Waals surface area contributed by atoms with Crippen molar-refractivity contribution in [3.8, 4) is 0 Å². The Morgan fingerprint density at radius 2 is 2.16 bits per heavy atom. The molecule has 1 aromatic rings. The van der Waals surface area contributed by atoms with Gasteiger partial charge in [0, 0.05) is 19.3 Å². The van der Waals surface area contributed by atoms with Gasteiger partial charge in [-0.3, -0.25) is 9.78 Å². The van der Waals surface area contributed by atoms with Crippen LogP contribution in [0.4, 0.5) is 0 Å². The van der Waals surface area contributed by atoms with Crippen LogP contribution in [0.15, 0.2) is 18.3 Å². The van der Waals surface area contributed by atoms with Crippen molar-refractivity contribution in [3.05, 3.63) is 29.6 Å². The highest BCUT2D eigenvalue weighted by Gasteiger charge is 2.15. The highest BCUT2D eigenvalue weighted by Crippen LogP contribution is 2.08. The Hall–Kier alpha value is -1.42. The van der Waals surface area contributed by atoms with E-state index in [1.165, 1.54) is 5.56 Å². The molecule has 1 aromatic heterocycles. The van der Waals surface area contributed by atoms with Gasteiger partial charge >= 0.3 is 5.97 Å². The number of carbonyl (C=O) groups is 1. The van der Waals surface area contributed by atoms with Crippen LogP contribution >= 0.6 is 0 Å². The summed E-state index contributed by atoms with van der Waals surface area (Å²) in [6.45, 7) is 9.03. The van der Waals surface area contributed by atoms with Crippen LogP contribution in [0.2, 0.25) is 0 Å². The van der Waals surface area contributed by atoms with Crippen LogP contribution in [0, 0.1) is 0 Å². The molecule has 1 rings (SSSR count). The van der Waals surface area contributed by atoms with Gasteiger partial charge in [-0.05, 0) is 38.8 Å². The predicted octanol–water partition coefficient (Wildman–Crippen LogP) is 2.47. The summed E-state index contributed by atoms with van der Waals surface area (Å²) in [5.41, 5.74) is 1.88. The number of hydrogen-bond donors (Lipinski definition) is 1. The minimum absolute atomic E-state index is 0.170. The lowest BCUT2D eigenvalue weighted by Crippen LogP contribution is -2.26. The van der Waals surface area contributed by atoms with Crippen LogP contribution in [0.25, 0.3) is 0 Å². The van der Waals surface area contributed by atoms with E-state index in [-0.39, 0.29) is 5.97 Å². The van der Waals surface area contributed by atoms with Gasteiger partial charge in [0.1, 0.15) is 5.60 Å². The van der Waals surface area contributed by atoms with Crippen molar-refractivity contribution in [2.45, 2.75) is 52.7 Å². The first-order valence-electron chi connectivity index (χ1n) is 6.77. The number of hydrogen-bond acceptors (Lipinski definition) is 4. The molecule has 0 aliphatic heterocycles. The van der Waals surface area contributed by atoms with Gasteiger partial charge in [0.05, 0.1) is 12.1 Å². The molecule has 4 nitrogen and oxygen atoms in total. The number of rotatable bonds is 6. The SMILES string of the molecule is CCc1cccnc1CNCCC(=O)OC(C)(C)C.